The number of carbonyl (C=O) groups is 1. The Morgan fingerprint density at radius 1 is 1.19 bits per heavy atom. The largest absolute Gasteiger partial charge is 0.348 e. The fourth-order valence-corrected chi connectivity index (χ4v) is 6.47. The SMILES string of the molecule is CN=C/C(=N/N)S(=O)(=O)N1CCN(C2(C(C)NC(=O)c3ccc(F)cc3Cl)CCC(F)(F)CC2)CC1. The van der Waals surface area contributed by atoms with E-state index >= 15 is 0 Å². The number of halogens is 4. The molecule has 1 saturated heterocycles. The average molecular weight is 551 g/mol. The molecule has 0 aromatic heterocycles. The summed E-state index contributed by atoms with van der Waals surface area (Å²) < 4.78 is 68.6. The van der Waals surface area contributed by atoms with Crippen LogP contribution in [0.2, 0.25) is 5.02 Å². The van der Waals surface area contributed by atoms with E-state index in [1.807, 2.05) is 4.90 Å². The number of hydrazone groups is 1. The van der Waals surface area contributed by atoms with E-state index in [2.05, 4.69) is 15.4 Å². The van der Waals surface area contributed by atoms with Crippen LogP contribution in [0, 0.1) is 5.82 Å². The number of hydrogen-bond donors (Lipinski definition) is 2. The molecule has 1 aromatic rings. The van der Waals surface area contributed by atoms with Crippen LogP contribution >= 0.6 is 11.6 Å². The predicted octanol–water partition coefficient (Wildman–Crippen LogP) is 2.47. The highest BCUT2D eigenvalue weighted by Gasteiger charge is 2.51. The van der Waals surface area contributed by atoms with E-state index in [4.69, 9.17) is 17.4 Å². The molecule has 2 fully saturated rings. The Morgan fingerprint density at radius 2 is 1.81 bits per heavy atom. The van der Waals surface area contributed by atoms with E-state index in [1.165, 1.54) is 17.4 Å². The molecule has 200 valence electrons. The van der Waals surface area contributed by atoms with Crippen molar-refractivity contribution in [3.63, 3.8) is 0 Å². The molecule has 3 rings (SSSR count). The van der Waals surface area contributed by atoms with Gasteiger partial charge in [0, 0.05) is 57.6 Å². The molecule has 14 heteroatoms. The molecule has 0 spiro atoms. The lowest BCUT2D eigenvalue weighted by Gasteiger charge is -2.53. The van der Waals surface area contributed by atoms with Crippen LogP contribution in [0.4, 0.5) is 13.2 Å². The molecular formula is C22H30ClF3N6O3S. The van der Waals surface area contributed by atoms with E-state index in [-0.39, 0.29) is 67.5 Å². The van der Waals surface area contributed by atoms with Crippen molar-refractivity contribution < 1.29 is 26.4 Å². The first kappa shape index (κ1) is 28.4. The smallest absolute Gasteiger partial charge is 0.263 e. The summed E-state index contributed by atoms with van der Waals surface area (Å²) >= 11 is 6.03. The summed E-state index contributed by atoms with van der Waals surface area (Å²) in [5, 5.41) is 5.75. The van der Waals surface area contributed by atoms with Crippen LogP contribution in [0.5, 0.6) is 0 Å². The Labute approximate surface area is 213 Å². The zero-order valence-electron chi connectivity index (χ0n) is 20.1. The van der Waals surface area contributed by atoms with Gasteiger partial charge in [-0.15, -0.1) is 0 Å². The third-order valence-corrected chi connectivity index (χ3v) is 9.11. The monoisotopic (exact) mass is 550 g/mol. The van der Waals surface area contributed by atoms with Crippen molar-refractivity contribution in [2.24, 2.45) is 15.9 Å². The summed E-state index contributed by atoms with van der Waals surface area (Å²) in [5.74, 6) is 1.28. The van der Waals surface area contributed by atoms with Gasteiger partial charge in [-0.1, -0.05) is 11.6 Å². The standard InChI is InChI=1S/C22H30ClF3N6O3S/c1-15(29-20(33)17-4-3-16(24)13-18(17)23)21(5-7-22(25,26)8-6-21)31-9-11-32(12-10-31)36(34,35)19(30-27)14-28-2/h3-4,13-15H,5-12,27H2,1-2H3,(H,29,33)/b28-14?,30-19-. The van der Waals surface area contributed by atoms with E-state index in [9.17, 15) is 26.4 Å². The number of alkyl halides is 2. The van der Waals surface area contributed by atoms with Gasteiger partial charge in [0.15, 0.2) is 0 Å². The molecule has 3 N–H and O–H groups in total. The molecule has 0 radical (unpaired) electrons. The number of benzene rings is 1. The van der Waals surface area contributed by atoms with Crippen LogP contribution in [0.1, 0.15) is 43.0 Å². The second-order valence-corrected chi connectivity index (χ2v) is 11.3. The third-order valence-electron chi connectivity index (χ3n) is 7.02. The second-order valence-electron chi connectivity index (χ2n) is 9.02. The van der Waals surface area contributed by atoms with Crippen LogP contribution < -0.4 is 11.2 Å². The van der Waals surface area contributed by atoms with Crippen LogP contribution in [-0.2, 0) is 10.0 Å². The van der Waals surface area contributed by atoms with Gasteiger partial charge in [0.05, 0.1) is 16.8 Å². The van der Waals surface area contributed by atoms with Gasteiger partial charge in [-0.2, -0.15) is 9.41 Å². The first-order chi connectivity index (χ1) is 16.9. The number of nitrogens with zero attached hydrogens (tertiary/aromatic N) is 4. The van der Waals surface area contributed by atoms with Crippen LogP contribution in [0.15, 0.2) is 28.3 Å². The van der Waals surface area contributed by atoms with E-state index in [0.717, 1.165) is 18.3 Å². The van der Waals surface area contributed by atoms with Crippen molar-refractivity contribution in [2.45, 2.75) is 50.1 Å². The number of sulfonamides is 1. The molecule has 1 aliphatic carbocycles. The molecule has 2 aliphatic rings. The van der Waals surface area contributed by atoms with Gasteiger partial charge in [-0.25, -0.2) is 21.6 Å². The molecule has 1 amide bonds. The van der Waals surface area contributed by atoms with Gasteiger partial charge < -0.3 is 11.2 Å². The first-order valence-electron chi connectivity index (χ1n) is 11.5. The minimum Gasteiger partial charge on any atom is -0.348 e. The van der Waals surface area contributed by atoms with Gasteiger partial charge >= 0.3 is 0 Å². The number of rotatable bonds is 6. The summed E-state index contributed by atoms with van der Waals surface area (Å²) in [6, 6.07) is 2.82. The van der Waals surface area contributed by atoms with Crippen molar-refractivity contribution in [3.8, 4) is 0 Å². The number of aliphatic imine (C=N–C) groups is 1. The summed E-state index contributed by atoms with van der Waals surface area (Å²) in [7, 11) is -2.57. The Kier molecular flexibility index (Phi) is 8.69. The molecular weight excluding hydrogens is 521 g/mol. The molecule has 1 aliphatic heterocycles. The van der Waals surface area contributed by atoms with Gasteiger partial charge in [-0.3, -0.25) is 14.7 Å². The number of nitrogens with one attached hydrogen (secondary N) is 1. The van der Waals surface area contributed by atoms with Crippen LogP contribution in [-0.4, -0.2) is 85.5 Å². The highest BCUT2D eigenvalue weighted by molar-refractivity contribution is 8.06. The predicted molar refractivity (Wildman–Crippen MR) is 133 cm³/mol. The van der Waals surface area contributed by atoms with Crippen LogP contribution in [0.25, 0.3) is 0 Å². The second kappa shape index (κ2) is 11.0. The summed E-state index contributed by atoms with van der Waals surface area (Å²) in [6.45, 7) is 2.41. The minimum absolute atomic E-state index is 0.0595. The Balaban J connectivity index is 1.81. The van der Waals surface area contributed by atoms with Crippen molar-refractivity contribution in [2.75, 3.05) is 33.2 Å². The number of nitrogens with two attached hydrogens (primary N) is 1. The summed E-state index contributed by atoms with van der Waals surface area (Å²) in [4.78, 5) is 18.6. The number of carbonyl (C=O) groups excluding carboxylic acids is 1. The third kappa shape index (κ3) is 5.84. The maximum Gasteiger partial charge on any atom is 0.263 e. The van der Waals surface area contributed by atoms with E-state index < -0.39 is 39.3 Å². The van der Waals surface area contributed by atoms with Crippen molar-refractivity contribution >= 4 is 38.8 Å². The highest BCUT2D eigenvalue weighted by atomic mass is 35.5. The zero-order chi connectivity index (χ0) is 26.7. The molecule has 1 unspecified atom stereocenters. The van der Waals surface area contributed by atoms with Crippen molar-refractivity contribution in [1.82, 2.24) is 14.5 Å². The molecule has 1 saturated carbocycles. The van der Waals surface area contributed by atoms with Crippen molar-refractivity contribution in [1.29, 1.82) is 0 Å². The number of amides is 1. The molecule has 1 atom stereocenters. The number of piperazine rings is 1. The number of hydrogen-bond acceptors (Lipinski definition) is 7. The van der Waals surface area contributed by atoms with Gasteiger partial charge in [0.1, 0.15) is 5.82 Å². The zero-order valence-corrected chi connectivity index (χ0v) is 21.6. The van der Waals surface area contributed by atoms with Crippen LogP contribution in [0.3, 0.4) is 0 Å². The van der Waals surface area contributed by atoms with Gasteiger partial charge in [0.2, 0.25) is 11.0 Å². The lowest BCUT2D eigenvalue weighted by Crippen LogP contribution is -2.67. The van der Waals surface area contributed by atoms with Gasteiger partial charge in [0.25, 0.3) is 15.9 Å². The maximum atomic E-state index is 14.1. The minimum atomic E-state index is -3.97. The van der Waals surface area contributed by atoms with E-state index in [1.54, 1.807) is 6.92 Å². The Hall–Kier alpha value is -2.22. The fourth-order valence-electron chi connectivity index (χ4n) is 4.94. The lowest BCUT2D eigenvalue weighted by molar-refractivity contribution is -0.0948. The summed E-state index contributed by atoms with van der Waals surface area (Å²) in [6.07, 6.45) is 0.539. The van der Waals surface area contributed by atoms with Crippen molar-refractivity contribution in [3.05, 3.63) is 34.6 Å². The molecule has 36 heavy (non-hydrogen) atoms. The topological polar surface area (TPSA) is 120 Å². The lowest BCUT2D eigenvalue weighted by atomic mass is 9.73. The maximum absolute atomic E-state index is 14.1. The Morgan fingerprint density at radius 3 is 2.33 bits per heavy atom. The first-order valence-corrected chi connectivity index (χ1v) is 13.3. The molecule has 9 nitrogen and oxygen atoms in total. The molecule has 1 aromatic carbocycles. The normalized spacial score (nSPS) is 22.4. The quantitative estimate of drug-likeness (QED) is 0.244. The highest BCUT2D eigenvalue weighted by Crippen LogP contribution is 2.44. The molecule has 1 heterocycles. The summed E-state index contributed by atoms with van der Waals surface area (Å²) in [5.41, 5.74) is -0.765. The molecule has 0 bridgehead atoms. The average Bonchev–Trinajstić information content (AvgIpc) is 2.82. The fraction of sp³-hybridized carbons (Fsp3) is 0.591. The van der Waals surface area contributed by atoms with E-state index in [0.29, 0.717) is 0 Å². The van der Waals surface area contributed by atoms with Gasteiger partial charge in [-0.05, 0) is 38.0 Å². The Bertz CT molecular complexity index is 1130.